The van der Waals surface area contributed by atoms with E-state index in [9.17, 15) is 4.79 Å². The number of halogens is 1. The van der Waals surface area contributed by atoms with E-state index in [2.05, 4.69) is 25.9 Å². The summed E-state index contributed by atoms with van der Waals surface area (Å²) in [7, 11) is 1.60. The van der Waals surface area contributed by atoms with E-state index >= 15 is 0 Å². The van der Waals surface area contributed by atoms with E-state index < -0.39 is 0 Å². The molecule has 1 heterocycles. The van der Waals surface area contributed by atoms with Crippen molar-refractivity contribution in [3.05, 3.63) is 52.5 Å². The molecule has 2 aromatic rings. The number of nitrogens with zero attached hydrogens (tertiary/aromatic N) is 2. The number of benzene rings is 1. The van der Waals surface area contributed by atoms with Crippen LogP contribution in [0.4, 0.5) is 0 Å². The summed E-state index contributed by atoms with van der Waals surface area (Å²) < 4.78 is 5.97. The van der Waals surface area contributed by atoms with Gasteiger partial charge in [-0.1, -0.05) is 6.07 Å². The Hall–Kier alpha value is -1.75. The Balaban J connectivity index is 2.15. The van der Waals surface area contributed by atoms with Crippen LogP contribution in [0.25, 0.3) is 0 Å². The number of hydrogen-bond donors (Lipinski definition) is 0. The fourth-order valence-corrected chi connectivity index (χ4v) is 2.14. The molecule has 1 aromatic heterocycles. The number of rotatable bonds is 4. The molecule has 0 N–H and O–H groups in total. The van der Waals surface area contributed by atoms with Crippen molar-refractivity contribution in [3.63, 3.8) is 0 Å². The molecule has 0 bridgehead atoms. The molecule has 0 atom stereocenters. The first-order chi connectivity index (χ1) is 8.70. The summed E-state index contributed by atoms with van der Waals surface area (Å²) in [6.45, 7) is 0. The lowest BCUT2D eigenvalue weighted by Gasteiger charge is -2.05. The van der Waals surface area contributed by atoms with Crippen LogP contribution in [0.3, 0.4) is 0 Å². The van der Waals surface area contributed by atoms with Crippen molar-refractivity contribution in [1.29, 1.82) is 0 Å². The number of carbonyl (C=O) groups is 1. The number of ether oxygens (including phenoxy) is 1. The maximum atomic E-state index is 11.9. The molecule has 0 fully saturated rings. The Bertz CT molecular complexity index is 558. The van der Waals surface area contributed by atoms with E-state index in [1.54, 1.807) is 19.4 Å². The monoisotopic (exact) mass is 306 g/mol. The molecule has 0 aliphatic rings. The maximum absolute atomic E-state index is 11.9. The molecule has 4 nitrogen and oxygen atoms in total. The van der Waals surface area contributed by atoms with Gasteiger partial charge in [0.05, 0.1) is 11.6 Å². The topological polar surface area (TPSA) is 52.1 Å². The standard InChI is InChI=1S/C13H11BrN2O2/c1-18-13-3-2-9(6-10(13)14)7-12(17)11-4-5-15-8-16-11/h2-6,8H,7H2,1H3. The molecule has 0 radical (unpaired) electrons. The predicted molar refractivity (Wildman–Crippen MR) is 70.8 cm³/mol. The van der Waals surface area contributed by atoms with E-state index in [1.165, 1.54) is 6.33 Å². The van der Waals surface area contributed by atoms with Gasteiger partial charge in [-0.2, -0.15) is 0 Å². The number of methoxy groups -OCH3 is 1. The first-order valence-corrected chi connectivity index (χ1v) is 6.11. The van der Waals surface area contributed by atoms with E-state index in [4.69, 9.17) is 4.74 Å². The third-order valence-electron chi connectivity index (χ3n) is 2.45. The van der Waals surface area contributed by atoms with Gasteiger partial charge in [0.25, 0.3) is 0 Å². The highest BCUT2D eigenvalue weighted by Crippen LogP contribution is 2.25. The fraction of sp³-hybridized carbons (Fsp3) is 0.154. The lowest BCUT2D eigenvalue weighted by Crippen LogP contribution is -2.06. The van der Waals surface area contributed by atoms with Crippen LogP contribution < -0.4 is 4.74 Å². The fourth-order valence-electron chi connectivity index (χ4n) is 1.55. The van der Waals surface area contributed by atoms with Crippen molar-refractivity contribution in [3.8, 4) is 5.75 Å². The van der Waals surface area contributed by atoms with Crippen LogP contribution in [0, 0.1) is 0 Å². The van der Waals surface area contributed by atoms with Gasteiger partial charge < -0.3 is 4.74 Å². The first-order valence-electron chi connectivity index (χ1n) is 5.32. The zero-order valence-electron chi connectivity index (χ0n) is 9.76. The molecule has 0 aliphatic heterocycles. The van der Waals surface area contributed by atoms with Crippen molar-refractivity contribution >= 4 is 21.7 Å². The molecule has 1 aromatic carbocycles. The number of Topliss-reactive ketones (excluding diaryl/α,β-unsaturated/α-hetero) is 1. The smallest absolute Gasteiger partial charge is 0.185 e. The SMILES string of the molecule is COc1ccc(CC(=O)c2ccncn2)cc1Br. The van der Waals surface area contributed by atoms with E-state index in [-0.39, 0.29) is 5.78 Å². The van der Waals surface area contributed by atoms with E-state index in [0.717, 1.165) is 15.8 Å². The highest BCUT2D eigenvalue weighted by atomic mass is 79.9. The lowest BCUT2D eigenvalue weighted by molar-refractivity contribution is 0.0988. The Labute approximate surface area is 113 Å². The van der Waals surface area contributed by atoms with Crippen LogP contribution in [0.15, 0.2) is 41.3 Å². The second-order valence-electron chi connectivity index (χ2n) is 3.66. The van der Waals surface area contributed by atoms with Gasteiger partial charge in [0.15, 0.2) is 5.78 Å². The number of ketones is 1. The molecular formula is C13H11BrN2O2. The summed E-state index contributed by atoms with van der Waals surface area (Å²) in [4.78, 5) is 19.7. The van der Waals surface area contributed by atoms with Gasteiger partial charge >= 0.3 is 0 Å². The van der Waals surface area contributed by atoms with Crippen LogP contribution in [0.1, 0.15) is 16.1 Å². The minimum absolute atomic E-state index is 0.0329. The molecule has 2 rings (SSSR count). The minimum Gasteiger partial charge on any atom is -0.496 e. The van der Waals surface area contributed by atoms with Crippen LogP contribution in [-0.2, 0) is 6.42 Å². The molecule has 0 spiro atoms. The Kier molecular flexibility index (Phi) is 4.04. The van der Waals surface area contributed by atoms with Gasteiger partial charge in [0.2, 0.25) is 0 Å². The molecule has 5 heteroatoms. The average Bonchev–Trinajstić information content (AvgIpc) is 2.40. The highest BCUT2D eigenvalue weighted by Gasteiger charge is 2.09. The summed E-state index contributed by atoms with van der Waals surface area (Å²) in [6, 6.07) is 7.17. The van der Waals surface area contributed by atoms with Gasteiger partial charge in [-0.15, -0.1) is 0 Å². The average molecular weight is 307 g/mol. The zero-order chi connectivity index (χ0) is 13.0. The van der Waals surface area contributed by atoms with Gasteiger partial charge in [-0.25, -0.2) is 9.97 Å². The third-order valence-corrected chi connectivity index (χ3v) is 3.07. The quantitative estimate of drug-likeness (QED) is 0.815. The van der Waals surface area contributed by atoms with Gasteiger partial charge in [-0.3, -0.25) is 4.79 Å². The zero-order valence-corrected chi connectivity index (χ0v) is 11.3. The van der Waals surface area contributed by atoms with Crippen molar-refractivity contribution in [1.82, 2.24) is 9.97 Å². The molecule has 0 saturated heterocycles. The van der Waals surface area contributed by atoms with Crippen molar-refractivity contribution in [2.45, 2.75) is 6.42 Å². The predicted octanol–water partition coefficient (Wildman–Crippen LogP) is 2.67. The van der Waals surface area contributed by atoms with Gasteiger partial charge in [0.1, 0.15) is 17.8 Å². The van der Waals surface area contributed by atoms with Crippen LogP contribution >= 0.6 is 15.9 Å². The number of hydrogen-bond acceptors (Lipinski definition) is 4. The largest absolute Gasteiger partial charge is 0.496 e. The molecule has 0 saturated carbocycles. The Morgan fingerprint density at radius 2 is 2.22 bits per heavy atom. The van der Waals surface area contributed by atoms with Crippen molar-refractivity contribution < 1.29 is 9.53 Å². The molecule has 0 unspecified atom stereocenters. The summed E-state index contributed by atoms with van der Waals surface area (Å²) in [5.41, 5.74) is 1.34. The lowest BCUT2D eigenvalue weighted by atomic mass is 10.1. The first kappa shape index (κ1) is 12.7. The minimum atomic E-state index is -0.0329. The third kappa shape index (κ3) is 2.92. The summed E-state index contributed by atoms with van der Waals surface area (Å²) in [6.07, 6.45) is 3.24. The molecule has 0 amide bonds. The molecule has 0 aliphatic carbocycles. The molecule has 18 heavy (non-hydrogen) atoms. The summed E-state index contributed by atoms with van der Waals surface area (Å²) in [5, 5.41) is 0. The molecular weight excluding hydrogens is 296 g/mol. The van der Waals surface area contributed by atoms with Crippen LogP contribution in [-0.4, -0.2) is 22.9 Å². The van der Waals surface area contributed by atoms with Gasteiger partial charge in [-0.05, 0) is 39.7 Å². The number of aromatic nitrogens is 2. The van der Waals surface area contributed by atoms with E-state index in [0.29, 0.717) is 12.1 Å². The highest BCUT2D eigenvalue weighted by molar-refractivity contribution is 9.10. The van der Waals surface area contributed by atoms with Crippen LogP contribution in [0.5, 0.6) is 5.75 Å². The summed E-state index contributed by atoms with van der Waals surface area (Å²) in [5.74, 6) is 0.711. The molecule has 92 valence electrons. The van der Waals surface area contributed by atoms with Gasteiger partial charge in [0, 0.05) is 12.6 Å². The van der Waals surface area contributed by atoms with E-state index in [1.807, 2.05) is 18.2 Å². The van der Waals surface area contributed by atoms with Crippen molar-refractivity contribution in [2.24, 2.45) is 0 Å². The second kappa shape index (κ2) is 5.73. The van der Waals surface area contributed by atoms with Crippen LogP contribution in [0.2, 0.25) is 0 Å². The normalized spacial score (nSPS) is 10.1. The Morgan fingerprint density at radius 1 is 1.39 bits per heavy atom. The Morgan fingerprint density at radius 3 is 2.83 bits per heavy atom. The second-order valence-corrected chi connectivity index (χ2v) is 4.52. The number of carbonyl (C=O) groups excluding carboxylic acids is 1. The van der Waals surface area contributed by atoms with Crippen molar-refractivity contribution in [2.75, 3.05) is 7.11 Å². The maximum Gasteiger partial charge on any atom is 0.185 e. The summed E-state index contributed by atoms with van der Waals surface area (Å²) >= 11 is 3.39.